The number of ether oxygens (including phenoxy) is 1. The predicted octanol–water partition coefficient (Wildman–Crippen LogP) is 4.43. The number of alkyl halides is 3. The Balaban J connectivity index is 1.54. The molecule has 0 spiro atoms. The molecular formula is C21H20F3NO3S. The van der Waals surface area contributed by atoms with Crippen molar-refractivity contribution < 1.29 is 27.5 Å². The van der Waals surface area contributed by atoms with E-state index in [1.807, 2.05) is 12.1 Å². The van der Waals surface area contributed by atoms with E-state index in [0.29, 0.717) is 17.9 Å². The number of ketones is 1. The quantitative estimate of drug-likeness (QED) is 0.617. The highest BCUT2D eigenvalue weighted by Gasteiger charge is 2.33. The highest BCUT2D eigenvalue weighted by Crippen LogP contribution is 2.32. The Hall–Kier alpha value is -2.35. The molecular weight excluding hydrogens is 403 g/mol. The number of aryl methyl sites for hydroxylation is 1. The van der Waals surface area contributed by atoms with Gasteiger partial charge in [0.1, 0.15) is 5.75 Å². The van der Waals surface area contributed by atoms with Gasteiger partial charge in [0.05, 0.1) is 23.8 Å². The number of hydrogen-bond acceptors (Lipinski definition) is 5. The van der Waals surface area contributed by atoms with E-state index in [2.05, 4.69) is 4.98 Å². The first-order chi connectivity index (χ1) is 13.8. The number of Topliss-reactive ketones (excluding diaryl/α,β-unsaturated/α-hetero) is 1. The summed E-state index contributed by atoms with van der Waals surface area (Å²) in [5.74, 6) is 0.539. The molecule has 0 radical (unpaired) electrons. The number of thioether (sulfide) groups is 1. The molecule has 0 N–H and O–H groups in total. The number of benzene rings is 1. The molecule has 4 nitrogen and oxygen atoms in total. The first-order valence-electron chi connectivity index (χ1n) is 9.25. The van der Waals surface area contributed by atoms with Crippen LogP contribution in [-0.4, -0.2) is 27.7 Å². The van der Waals surface area contributed by atoms with Crippen molar-refractivity contribution >= 4 is 22.7 Å². The van der Waals surface area contributed by atoms with E-state index in [1.165, 1.54) is 6.20 Å². The van der Waals surface area contributed by atoms with Crippen molar-refractivity contribution in [1.82, 2.24) is 4.98 Å². The molecule has 29 heavy (non-hydrogen) atoms. The van der Waals surface area contributed by atoms with Gasteiger partial charge in [0.2, 0.25) is 0 Å². The topological polar surface area (TPSA) is 56.3 Å². The van der Waals surface area contributed by atoms with E-state index in [-0.39, 0.29) is 47.6 Å². The minimum Gasteiger partial charge on any atom is -0.493 e. The molecule has 1 unspecified atom stereocenters. The third-order valence-corrected chi connectivity index (χ3v) is 5.77. The molecule has 2 aromatic rings. The number of pyridine rings is 1. The van der Waals surface area contributed by atoms with Crippen LogP contribution in [0.1, 0.15) is 35.7 Å². The van der Waals surface area contributed by atoms with Gasteiger partial charge in [0, 0.05) is 18.3 Å². The zero-order valence-corrected chi connectivity index (χ0v) is 16.6. The van der Waals surface area contributed by atoms with Crippen molar-refractivity contribution in [2.75, 3.05) is 6.61 Å². The van der Waals surface area contributed by atoms with Crippen LogP contribution in [0.3, 0.4) is 0 Å². The molecule has 1 aromatic carbocycles. The van der Waals surface area contributed by atoms with E-state index in [4.69, 9.17) is 4.74 Å². The van der Waals surface area contributed by atoms with Gasteiger partial charge in [-0.2, -0.15) is 13.2 Å². The average Bonchev–Trinajstić information content (AvgIpc) is 2.99. The van der Waals surface area contributed by atoms with Gasteiger partial charge in [0.25, 0.3) is 0 Å². The number of rotatable bonds is 7. The molecule has 1 fully saturated rings. The molecule has 2 heterocycles. The Morgan fingerprint density at radius 3 is 2.52 bits per heavy atom. The summed E-state index contributed by atoms with van der Waals surface area (Å²) in [6.07, 6.45) is -2.11. The number of hydrogen-bond donors (Lipinski definition) is 0. The Bertz CT molecular complexity index is 897. The Kier molecular flexibility index (Phi) is 6.62. The maximum absolute atomic E-state index is 13.1. The average molecular weight is 423 g/mol. The lowest BCUT2D eigenvalue weighted by Gasteiger charge is -2.13. The number of carbonyl (C=O) groups excluding carboxylic acids is 2. The molecule has 1 atom stereocenters. The summed E-state index contributed by atoms with van der Waals surface area (Å²) in [5.41, 5.74) is 0.780. The lowest BCUT2D eigenvalue weighted by atomic mass is 10.1. The molecule has 0 bridgehead atoms. The first-order valence-corrected chi connectivity index (χ1v) is 10.1. The lowest BCUT2D eigenvalue weighted by molar-refractivity contribution is -0.138. The van der Waals surface area contributed by atoms with Gasteiger partial charge < -0.3 is 4.74 Å². The van der Waals surface area contributed by atoms with Crippen LogP contribution in [0, 0.1) is 0 Å². The maximum atomic E-state index is 13.1. The van der Waals surface area contributed by atoms with Gasteiger partial charge in [-0.05, 0) is 42.2 Å². The predicted molar refractivity (Wildman–Crippen MR) is 104 cm³/mol. The number of nitrogens with zero attached hydrogens (tertiary/aromatic N) is 1. The molecule has 1 aromatic heterocycles. The molecule has 0 aliphatic carbocycles. The summed E-state index contributed by atoms with van der Waals surface area (Å²) in [4.78, 5) is 27.1. The summed E-state index contributed by atoms with van der Waals surface area (Å²) in [5, 5.41) is -0.413. The molecule has 0 saturated carbocycles. The zero-order chi connectivity index (χ0) is 21.0. The molecule has 3 rings (SSSR count). The Morgan fingerprint density at radius 2 is 1.93 bits per heavy atom. The van der Waals surface area contributed by atoms with E-state index in [9.17, 15) is 22.8 Å². The minimum atomic E-state index is -4.40. The van der Waals surface area contributed by atoms with E-state index in [0.717, 1.165) is 23.4 Å². The Morgan fingerprint density at radius 1 is 1.21 bits per heavy atom. The van der Waals surface area contributed by atoms with E-state index in [1.54, 1.807) is 19.1 Å². The summed E-state index contributed by atoms with van der Waals surface area (Å²) < 4.78 is 45.0. The number of aromatic nitrogens is 1. The van der Waals surface area contributed by atoms with Crippen molar-refractivity contribution in [2.45, 2.75) is 44.0 Å². The SMILES string of the molecule is CCc1cnc(CCOc2ccc(CC3SC(=O)CC3=O)cc2)cc1C(F)(F)F. The maximum Gasteiger partial charge on any atom is 0.416 e. The van der Waals surface area contributed by atoms with Crippen LogP contribution < -0.4 is 4.74 Å². The third kappa shape index (κ3) is 5.59. The minimum absolute atomic E-state index is 0.000147. The van der Waals surface area contributed by atoms with E-state index < -0.39 is 11.7 Å². The Labute approximate surface area is 170 Å². The van der Waals surface area contributed by atoms with Crippen LogP contribution in [-0.2, 0) is 35.0 Å². The van der Waals surface area contributed by atoms with Crippen LogP contribution >= 0.6 is 11.8 Å². The summed E-state index contributed by atoms with van der Waals surface area (Å²) in [6.45, 7) is 1.86. The van der Waals surface area contributed by atoms with Crippen molar-refractivity contribution in [3.05, 3.63) is 58.9 Å². The first kappa shape index (κ1) is 21.4. The molecule has 1 aliphatic heterocycles. The van der Waals surface area contributed by atoms with Gasteiger partial charge in [0.15, 0.2) is 10.9 Å². The summed E-state index contributed by atoms with van der Waals surface area (Å²) in [6, 6.07) is 8.22. The fourth-order valence-electron chi connectivity index (χ4n) is 3.10. The van der Waals surface area contributed by atoms with Gasteiger partial charge in [-0.1, -0.05) is 30.8 Å². The second-order valence-corrected chi connectivity index (χ2v) is 8.01. The van der Waals surface area contributed by atoms with Crippen LogP contribution in [0.15, 0.2) is 36.5 Å². The van der Waals surface area contributed by atoms with Crippen molar-refractivity contribution in [3.8, 4) is 5.75 Å². The smallest absolute Gasteiger partial charge is 0.416 e. The fourth-order valence-corrected chi connectivity index (χ4v) is 4.13. The van der Waals surface area contributed by atoms with Gasteiger partial charge in [-0.25, -0.2) is 0 Å². The molecule has 1 saturated heterocycles. The van der Waals surface area contributed by atoms with E-state index >= 15 is 0 Å². The molecule has 1 aliphatic rings. The van der Waals surface area contributed by atoms with Crippen molar-refractivity contribution in [2.24, 2.45) is 0 Å². The molecule has 8 heteroatoms. The van der Waals surface area contributed by atoms with Crippen LogP contribution in [0.25, 0.3) is 0 Å². The fraction of sp³-hybridized carbons (Fsp3) is 0.381. The van der Waals surface area contributed by atoms with Crippen molar-refractivity contribution in [1.29, 1.82) is 0 Å². The van der Waals surface area contributed by atoms with Crippen LogP contribution in [0.2, 0.25) is 0 Å². The molecule has 0 amide bonds. The highest BCUT2D eigenvalue weighted by molar-refractivity contribution is 8.15. The van der Waals surface area contributed by atoms with Gasteiger partial charge >= 0.3 is 6.18 Å². The standard InChI is InChI=1S/C21H20F3NO3S/c1-2-14-12-25-15(10-17(14)21(22,23)24)7-8-28-16-5-3-13(4-6-16)9-19-18(26)11-20(27)29-19/h3-6,10,12,19H,2,7-9,11H2,1H3. The monoisotopic (exact) mass is 423 g/mol. The number of carbonyl (C=O) groups is 2. The van der Waals surface area contributed by atoms with Crippen LogP contribution in [0.5, 0.6) is 5.75 Å². The summed E-state index contributed by atoms with van der Waals surface area (Å²) in [7, 11) is 0. The third-order valence-electron chi connectivity index (χ3n) is 4.65. The van der Waals surface area contributed by atoms with Crippen molar-refractivity contribution in [3.63, 3.8) is 0 Å². The lowest BCUT2D eigenvalue weighted by Crippen LogP contribution is -2.13. The van der Waals surface area contributed by atoms with Crippen LogP contribution in [0.4, 0.5) is 13.2 Å². The zero-order valence-electron chi connectivity index (χ0n) is 15.8. The van der Waals surface area contributed by atoms with Gasteiger partial charge in [-0.3, -0.25) is 14.6 Å². The second kappa shape index (κ2) is 8.98. The normalized spacial score (nSPS) is 17.0. The number of halogens is 3. The summed E-state index contributed by atoms with van der Waals surface area (Å²) >= 11 is 1.08. The van der Waals surface area contributed by atoms with Gasteiger partial charge in [-0.15, -0.1) is 0 Å². The second-order valence-electron chi connectivity index (χ2n) is 6.75. The highest BCUT2D eigenvalue weighted by atomic mass is 32.2. The molecule has 154 valence electrons. The largest absolute Gasteiger partial charge is 0.493 e.